The molecule has 0 aromatic carbocycles. The summed E-state index contributed by atoms with van der Waals surface area (Å²) >= 11 is 0. The molecule has 0 spiro atoms. The summed E-state index contributed by atoms with van der Waals surface area (Å²) in [6.45, 7) is -4.65. The Morgan fingerprint density at radius 2 is 0.500 bits per heavy atom. The number of aliphatic hydroxyl groups excluding tert-OH is 12. The summed E-state index contributed by atoms with van der Waals surface area (Å²) in [4.78, 5) is 0. The van der Waals surface area contributed by atoms with Crippen LogP contribution in [0.15, 0.2) is 0 Å². The van der Waals surface area contributed by atoms with Crippen LogP contribution in [0.25, 0.3) is 0 Å². The van der Waals surface area contributed by atoms with Crippen molar-refractivity contribution in [3.8, 4) is 0 Å². The molecular formula is C28H48O20. The molecule has 20 heteroatoms. The fraction of sp³-hybridized carbons (Fsp3) is 1.00. The average molecular weight is 705 g/mol. The van der Waals surface area contributed by atoms with Crippen molar-refractivity contribution in [2.45, 2.75) is 98.4 Å². The van der Waals surface area contributed by atoms with Crippen LogP contribution in [0.4, 0.5) is 0 Å². The second-order valence-corrected chi connectivity index (χ2v) is 12.8. The van der Waals surface area contributed by atoms with Crippen LogP contribution in [-0.4, -0.2) is 213 Å². The molecule has 0 radical (unpaired) electrons. The first-order valence-electron chi connectivity index (χ1n) is 15.9. The Labute approximate surface area is 274 Å². The maximum atomic E-state index is 10.9. The highest BCUT2D eigenvalue weighted by atomic mass is 16.7. The molecule has 12 N–H and O–H groups in total. The van der Waals surface area contributed by atoms with Gasteiger partial charge in [-0.15, -0.1) is 0 Å². The van der Waals surface area contributed by atoms with Gasteiger partial charge in [-0.1, -0.05) is 0 Å². The summed E-state index contributed by atoms with van der Waals surface area (Å²) in [6.07, 6.45) is -24.4. The van der Waals surface area contributed by atoms with Gasteiger partial charge in [0.05, 0.1) is 102 Å². The monoisotopic (exact) mass is 704 g/mol. The average Bonchev–Trinajstić information content (AvgIpc) is 3.08. The normalized spacial score (nSPS) is 52.8. The highest BCUT2D eigenvalue weighted by molar-refractivity contribution is 4.95. The van der Waals surface area contributed by atoms with Gasteiger partial charge in [0, 0.05) is 23.7 Å². The van der Waals surface area contributed by atoms with Crippen LogP contribution in [0.1, 0.15) is 0 Å². The van der Waals surface area contributed by atoms with E-state index in [0.717, 1.165) is 0 Å². The maximum Gasteiger partial charge on any atom is 0.186 e. The molecule has 20 atom stereocenters. The highest BCUT2D eigenvalue weighted by Gasteiger charge is 2.52. The molecule has 0 aromatic rings. The van der Waals surface area contributed by atoms with E-state index in [-0.39, 0.29) is 0 Å². The van der Waals surface area contributed by atoms with E-state index in [4.69, 9.17) is 37.9 Å². The SMILES string of the molecule is OC[C@H]1O[C@@H]2OC[C@H]3[C@H](O)[C@@H](O)[C@@H](OC[C@H]4[C@H](O)[C@@H](O)[C@@H](OC[C@H]5[C@H](O)[C@@H](O)[C@@H](OC[C@H]1[C@H](O)[C@H]2O)O[C@@H]5CO)O[C@@H]4CO)O[C@@H]3CO. The lowest BCUT2D eigenvalue weighted by Crippen LogP contribution is -2.62. The Morgan fingerprint density at radius 3 is 0.667 bits per heavy atom. The quantitative estimate of drug-likeness (QED) is 0.129. The van der Waals surface area contributed by atoms with Gasteiger partial charge in [0.15, 0.2) is 25.2 Å². The minimum Gasteiger partial charge on any atom is -0.394 e. The van der Waals surface area contributed by atoms with E-state index in [1.807, 2.05) is 0 Å². The standard InChI is InChI=1S/C28H48O20/c29-1-13-9-5-41-26-22(38)19(35)11(15(3-31)46-26)7-43-28-24(40)20(36)12(16(4-32)48-28)8-44-27-23(39)18(34)10(14(2-30)47-27)6-42-25(45-13)21(37)17(9)33/h9-40H,1-8H2/t9-,10-,11-,12-,13-,14-,15-,16-,17+,18+,19+,20+,21-,22-,23-,24-,25+,26+,27+,28+/m1/s1. The molecule has 14 fully saturated rings. The minimum atomic E-state index is -1.73. The Hall–Kier alpha value is -0.800. The molecule has 14 aliphatic rings. The zero-order valence-corrected chi connectivity index (χ0v) is 25.8. The fourth-order valence-corrected chi connectivity index (χ4v) is 6.86. The summed E-state index contributed by atoms with van der Waals surface area (Å²) in [5.41, 5.74) is 0. The van der Waals surface area contributed by atoms with Crippen molar-refractivity contribution >= 4 is 0 Å². The van der Waals surface area contributed by atoms with E-state index in [9.17, 15) is 61.3 Å². The number of aliphatic hydroxyl groups is 12. The Morgan fingerprint density at radius 1 is 0.312 bits per heavy atom. The molecular weight excluding hydrogens is 656 g/mol. The molecule has 14 heterocycles. The molecule has 48 heavy (non-hydrogen) atoms. The van der Waals surface area contributed by atoms with Crippen molar-refractivity contribution in [3.63, 3.8) is 0 Å². The topological polar surface area (TPSA) is 317 Å². The molecule has 0 unspecified atom stereocenters. The third kappa shape index (κ3) is 7.68. The molecule has 14 aliphatic heterocycles. The molecule has 0 aromatic heterocycles. The second-order valence-electron chi connectivity index (χ2n) is 12.8. The third-order valence-corrected chi connectivity index (χ3v) is 9.95. The number of hydrogen-bond donors (Lipinski definition) is 12. The third-order valence-electron chi connectivity index (χ3n) is 9.95. The first-order chi connectivity index (χ1) is 22.9. The van der Waals surface area contributed by atoms with Gasteiger partial charge in [-0.3, -0.25) is 0 Å². The molecule has 0 aliphatic carbocycles. The number of ether oxygens (including phenoxy) is 8. The maximum absolute atomic E-state index is 10.9. The molecule has 20 nitrogen and oxygen atoms in total. The van der Waals surface area contributed by atoms with Gasteiger partial charge in [-0.25, -0.2) is 0 Å². The summed E-state index contributed by atoms with van der Waals surface area (Å²) in [7, 11) is 0. The van der Waals surface area contributed by atoms with E-state index in [0.29, 0.717) is 0 Å². The van der Waals surface area contributed by atoms with Crippen molar-refractivity contribution in [1.82, 2.24) is 0 Å². The van der Waals surface area contributed by atoms with E-state index < -0.39 is 175 Å². The highest BCUT2D eigenvalue weighted by Crippen LogP contribution is 2.35. The second kappa shape index (κ2) is 16.7. The van der Waals surface area contributed by atoms with Gasteiger partial charge in [0.25, 0.3) is 0 Å². The Balaban J connectivity index is 1.40. The zero-order valence-electron chi connectivity index (χ0n) is 25.8. The molecule has 0 saturated carbocycles. The lowest BCUT2D eigenvalue weighted by atomic mass is 9.88. The first kappa shape index (κ1) is 38.4. The van der Waals surface area contributed by atoms with E-state index in [2.05, 4.69) is 0 Å². The molecule has 14 rings (SSSR count). The molecule has 8 bridgehead atoms. The van der Waals surface area contributed by atoms with Gasteiger partial charge in [-0.05, 0) is 0 Å². The van der Waals surface area contributed by atoms with Crippen LogP contribution in [0, 0.1) is 23.7 Å². The molecule has 280 valence electrons. The van der Waals surface area contributed by atoms with Gasteiger partial charge in [0.2, 0.25) is 0 Å². The van der Waals surface area contributed by atoms with E-state index in [1.54, 1.807) is 0 Å². The Bertz CT molecular complexity index is 837. The van der Waals surface area contributed by atoms with E-state index in [1.165, 1.54) is 0 Å². The zero-order chi connectivity index (χ0) is 34.9. The summed E-state index contributed by atoms with van der Waals surface area (Å²) in [5, 5.41) is 127. The predicted octanol–water partition coefficient (Wildman–Crippen LogP) is -7.71. The van der Waals surface area contributed by atoms with E-state index >= 15 is 0 Å². The van der Waals surface area contributed by atoms with Crippen molar-refractivity contribution in [2.24, 2.45) is 23.7 Å². The lowest BCUT2D eigenvalue weighted by molar-refractivity contribution is -0.342. The van der Waals surface area contributed by atoms with Gasteiger partial charge < -0.3 is 99.2 Å². The smallest absolute Gasteiger partial charge is 0.186 e. The van der Waals surface area contributed by atoms with Crippen LogP contribution in [0.2, 0.25) is 0 Å². The van der Waals surface area contributed by atoms with Crippen LogP contribution in [-0.2, 0) is 37.9 Å². The molecule has 14 saturated heterocycles. The van der Waals surface area contributed by atoms with Crippen LogP contribution < -0.4 is 0 Å². The predicted molar refractivity (Wildman–Crippen MR) is 149 cm³/mol. The largest absolute Gasteiger partial charge is 0.394 e. The van der Waals surface area contributed by atoms with Crippen molar-refractivity contribution < 1.29 is 99.2 Å². The van der Waals surface area contributed by atoms with Gasteiger partial charge >= 0.3 is 0 Å². The van der Waals surface area contributed by atoms with Crippen LogP contribution in [0.5, 0.6) is 0 Å². The number of rotatable bonds is 4. The summed E-state index contributed by atoms with van der Waals surface area (Å²) < 4.78 is 45.2. The minimum absolute atomic E-state index is 0.483. The van der Waals surface area contributed by atoms with Crippen LogP contribution >= 0.6 is 0 Å². The summed E-state index contributed by atoms with van der Waals surface area (Å²) in [5.74, 6) is -4.48. The number of hydrogen-bond acceptors (Lipinski definition) is 20. The van der Waals surface area contributed by atoms with Gasteiger partial charge in [-0.2, -0.15) is 0 Å². The van der Waals surface area contributed by atoms with Crippen molar-refractivity contribution in [2.75, 3.05) is 52.9 Å². The Kier molecular flexibility index (Phi) is 13.4. The first-order valence-corrected chi connectivity index (χ1v) is 15.9. The fourth-order valence-electron chi connectivity index (χ4n) is 6.86. The van der Waals surface area contributed by atoms with Crippen LogP contribution in [0.3, 0.4) is 0 Å². The summed E-state index contributed by atoms with van der Waals surface area (Å²) in [6, 6.07) is 0. The van der Waals surface area contributed by atoms with Crippen molar-refractivity contribution in [1.29, 1.82) is 0 Å². The van der Waals surface area contributed by atoms with Crippen molar-refractivity contribution in [3.05, 3.63) is 0 Å². The van der Waals surface area contributed by atoms with Gasteiger partial charge in [0.1, 0.15) is 24.4 Å². The lowest BCUT2D eigenvalue weighted by Gasteiger charge is -2.47. The molecule has 0 amide bonds.